The Bertz CT molecular complexity index is 623. The highest BCUT2D eigenvalue weighted by molar-refractivity contribution is 7.89. The molecule has 2 N–H and O–H groups in total. The van der Waals surface area contributed by atoms with Crippen LogP contribution in [0.5, 0.6) is 0 Å². The van der Waals surface area contributed by atoms with Crippen LogP contribution in [0.2, 0.25) is 0 Å². The standard InChI is InChI=1S/C12H14N2O3S2/c15-8-11-7-12(9-18-11)19(16,17)14-6-4-10-3-1-2-5-13-10/h1-3,5,7,9,14-15H,4,6,8H2. The van der Waals surface area contributed by atoms with Gasteiger partial charge in [-0.15, -0.1) is 11.3 Å². The van der Waals surface area contributed by atoms with Crippen molar-refractivity contribution < 1.29 is 13.5 Å². The van der Waals surface area contributed by atoms with Gasteiger partial charge in [0.2, 0.25) is 10.0 Å². The molecule has 2 rings (SSSR count). The number of thiophene rings is 1. The number of aromatic nitrogens is 1. The number of nitrogens with zero attached hydrogens (tertiary/aromatic N) is 1. The van der Waals surface area contributed by atoms with E-state index in [2.05, 4.69) is 9.71 Å². The molecule has 0 atom stereocenters. The van der Waals surface area contributed by atoms with Crippen LogP contribution in [0.3, 0.4) is 0 Å². The molecule has 0 aliphatic heterocycles. The molecule has 0 spiro atoms. The van der Waals surface area contributed by atoms with Crippen LogP contribution >= 0.6 is 11.3 Å². The maximum Gasteiger partial charge on any atom is 0.241 e. The van der Waals surface area contributed by atoms with Crippen LogP contribution in [0.1, 0.15) is 10.6 Å². The van der Waals surface area contributed by atoms with Gasteiger partial charge in [-0.25, -0.2) is 13.1 Å². The Morgan fingerprint density at radius 2 is 2.21 bits per heavy atom. The Kier molecular flexibility index (Phi) is 4.65. The topological polar surface area (TPSA) is 79.3 Å². The molecule has 0 amide bonds. The summed E-state index contributed by atoms with van der Waals surface area (Å²) in [4.78, 5) is 4.95. The van der Waals surface area contributed by atoms with E-state index < -0.39 is 10.0 Å². The number of aliphatic hydroxyl groups is 1. The van der Waals surface area contributed by atoms with Gasteiger partial charge in [0.25, 0.3) is 0 Å². The summed E-state index contributed by atoms with van der Waals surface area (Å²) < 4.78 is 26.4. The highest BCUT2D eigenvalue weighted by Gasteiger charge is 2.15. The fraction of sp³-hybridized carbons (Fsp3) is 0.250. The fourth-order valence-electron chi connectivity index (χ4n) is 1.53. The number of sulfonamides is 1. The minimum absolute atomic E-state index is 0.145. The van der Waals surface area contributed by atoms with E-state index in [9.17, 15) is 8.42 Å². The van der Waals surface area contributed by atoms with Crippen LogP contribution < -0.4 is 4.72 Å². The van der Waals surface area contributed by atoms with Crippen LogP contribution in [-0.4, -0.2) is 25.1 Å². The van der Waals surface area contributed by atoms with Crippen molar-refractivity contribution in [2.24, 2.45) is 0 Å². The largest absolute Gasteiger partial charge is 0.391 e. The molecule has 2 heterocycles. The smallest absolute Gasteiger partial charge is 0.241 e. The zero-order valence-corrected chi connectivity index (χ0v) is 11.7. The SMILES string of the molecule is O=S(=O)(NCCc1ccccn1)c1csc(CO)c1. The summed E-state index contributed by atoms with van der Waals surface area (Å²) in [5.74, 6) is 0. The highest BCUT2D eigenvalue weighted by atomic mass is 32.2. The first-order chi connectivity index (χ1) is 9.12. The van der Waals surface area contributed by atoms with E-state index in [4.69, 9.17) is 5.11 Å². The van der Waals surface area contributed by atoms with Gasteiger partial charge in [-0.05, 0) is 18.2 Å². The van der Waals surface area contributed by atoms with Gasteiger partial charge in [0.1, 0.15) is 0 Å². The first-order valence-electron chi connectivity index (χ1n) is 5.69. The zero-order chi connectivity index (χ0) is 13.7. The van der Waals surface area contributed by atoms with E-state index in [0.717, 1.165) is 5.69 Å². The van der Waals surface area contributed by atoms with Gasteiger partial charge in [0.05, 0.1) is 11.5 Å². The van der Waals surface area contributed by atoms with Crippen LogP contribution in [-0.2, 0) is 23.1 Å². The summed E-state index contributed by atoms with van der Waals surface area (Å²) in [5, 5.41) is 10.5. The second-order valence-corrected chi connectivity index (χ2v) is 6.64. The minimum Gasteiger partial charge on any atom is -0.391 e. The molecule has 0 aliphatic rings. The van der Waals surface area contributed by atoms with Crippen LogP contribution in [0, 0.1) is 0 Å². The van der Waals surface area contributed by atoms with Crippen molar-refractivity contribution in [1.29, 1.82) is 0 Å². The monoisotopic (exact) mass is 298 g/mol. The van der Waals surface area contributed by atoms with Crippen molar-refractivity contribution in [3.63, 3.8) is 0 Å². The van der Waals surface area contributed by atoms with Crippen molar-refractivity contribution in [2.45, 2.75) is 17.9 Å². The number of rotatable bonds is 6. The summed E-state index contributed by atoms with van der Waals surface area (Å²) in [5.41, 5.74) is 0.839. The van der Waals surface area contributed by atoms with E-state index >= 15 is 0 Å². The second kappa shape index (κ2) is 6.25. The third-order valence-electron chi connectivity index (χ3n) is 2.50. The van der Waals surface area contributed by atoms with Crippen LogP contribution in [0.15, 0.2) is 40.7 Å². The molecule has 102 valence electrons. The van der Waals surface area contributed by atoms with Gasteiger partial charge in [-0.2, -0.15) is 0 Å². The van der Waals surface area contributed by atoms with Crippen LogP contribution in [0.4, 0.5) is 0 Å². The first-order valence-corrected chi connectivity index (χ1v) is 8.06. The Morgan fingerprint density at radius 3 is 2.84 bits per heavy atom. The third kappa shape index (κ3) is 3.84. The summed E-state index contributed by atoms with van der Waals surface area (Å²) in [6.07, 6.45) is 2.22. The summed E-state index contributed by atoms with van der Waals surface area (Å²) in [7, 11) is -3.50. The highest BCUT2D eigenvalue weighted by Crippen LogP contribution is 2.18. The number of pyridine rings is 1. The number of aliphatic hydroxyl groups excluding tert-OH is 1. The fourth-order valence-corrected chi connectivity index (χ4v) is 3.69. The summed E-state index contributed by atoms with van der Waals surface area (Å²) in [6, 6.07) is 7.01. The molecular formula is C12H14N2O3S2. The Labute approximate surface area is 116 Å². The van der Waals surface area contributed by atoms with Crippen molar-refractivity contribution in [3.05, 3.63) is 46.4 Å². The van der Waals surface area contributed by atoms with Gasteiger partial charge in [-0.3, -0.25) is 4.98 Å². The van der Waals surface area contributed by atoms with Gasteiger partial charge in [0, 0.05) is 35.1 Å². The summed E-state index contributed by atoms with van der Waals surface area (Å²) in [6.45, 7) is 0.151. The molecule has 5 nitrogen and oxygen atoms in total. The first kappa shape index (κ1) is 14.1. The molecule has 0 saturated heterocycles. The molecule has 0 aliphatic carbocycles. The van der Waals surface area contributed by atoms with Crippen molar-refractivity contribution in [3.8, 4) is 0 Å². The predicted molar refractivity (Wildman–Crippen MR) is 73.4 cm³/mol. The van der Waals surface area contributed by atoms with E-state index in [1.165, 1.54) is 22.8 Å². The Hall–Kier alpha value is -1.28. The molecule has 0 bridgehead atoms. The lowest BCUT2D eigenvalue weighted by molar-refractivity contribution is 0.285. The lowest BCUT2D eigenvalue weighted by atomic mass is 10.3. The predicted octanol–water partition coefficient (Wildman–Crippen LogP) is 1.16. The van der Waals surface area contributed by atoms with Crippen molar-refractivity contribution >= 4 is 21.4 Å². The van der Waals surface area contributed by atoms with Gasteiger partial charge < -0.3 is 5.11 Å². The van der Waals surface area contributed by atoms with Crippen molar-refractivity contribution in [2.75, 3.05) is 6.54 Å². The molecule has 2 aromatic rings. The normalized spacial score (nSPS) is 11.6. The average molecular weight is 298 g/mol. The molecule has 0 fully saturated rings. The van der Waals surface area contributed by atoms with Gasteiger partial charge >= 0.3 is 0 Å². The lowest BCUT2D eigenvalue weighted by Gasteiger charge is -2.04. The molecule has 0 radical (unpaired) electrons. The zero-order valence-electron chi connectivity index (χ0n) is 10.1. The van der Waals surface area contributed by atoms with E-state index in [1.807, 2.05) is 18.2 Å². The Morgan fingerprint density at radius 1 is 1.37 bits per heavy atom. The molecule has 2 aromatic heterocycles. The van der Waals surface area contributed by atoms with E-state index in [0.29, 0.717) is 17.8 Å². The Balaban J connectivity index is 1.94. The van der Waals surface area contributed by atoms with E-state index in [1.54, 1.807) is 6.20 Å². The molecule has 19 heavy (non-hydrogen) atoms. The molecule has 0 saturated carbocycles. The molecule has 0 aromatic carbocycles. The maximum absolute atomic E-state index is 11.9. The summed E-state index contributed by atoms with van der Waals surface area (Å²) >= 11 is 1.22. The quantitative estimate of drug-likeness (QED) is 0.838. The third-order valence-corrected chi connectivity index (χ3v) is 5.01. The average Bonchev–Trinajstić information content (AvgIpc) is 2.89. The molecule has 0 unspecified atom stereocenters. The number of hydrogen-bond donors (Lipinski definition) is 2. The van der Waals surface area contributed by atoms with Crippen molar-refractivity contribution in [1.82, 2.24) is 9.71 Å². The van der Waals surface area contributed by atoms with Gasteiger partial charge in [-0.1, -0.05) is 6.07 Å². The van der Waals surface area contributed by atoms with Gasteiger partial charge in [0.15, 0.2) is 0 Å². The number of hydrogen-bond acceptors (Lipinski definition) is 5. The van der Waals surface area contributed by atoms with Crippen LogP contribution in [0.25, 0.3) is 0 Å². The number of nitrogens with one attached hydrogen (secondary N) is 1. The minimum atomic E-state index is -3.50. The lowest BCUT2D eigenvalue weighted by Crippen LogP contribution is -2.25. The molecular weight excluding hydrogens is 284 g/mol. The second-order valence-electron chi connectivity index (χ2n) is 3.88. The molecule has 7 heteroatoms. The van der Waals surface area contributed by atoms with E-state index in [-0.39, 0.29) is 11.5 Å². The maximum atomic E-state index is 11.9.